The van der Waals surface area contributed by atoms with Gasteiger partial charge in [0.2, 0.25) is 10.0 Å². The van der Waals surface area contributed by atoms with Gasteiger partial charge in [0, 0.05) is 6.04 Å². The molecule has 0 heterocycles. The highest BCUT2D eigenvalue weighted by Crippen LogP contribution is 2.18. The first-order chi connectivity index (χ1) is 8.76. The number of benzene rings is 1. The molecule has 0 aromatic heterocycles. The summed E-state index contributed by atoms with van der Waals surface area (Å²) in [5.74, 6) is 0.421. The Kier molecular flexibility index (Phi) is 5.10. The van der Waals surface area contributed by atoms with Crippen molar-refractivity contribution in [3.8, 4) is 6.07 Å². The van der Waals surface area contributed by atoms with Crippen molar-refractivity contribution >= 4 is 10.0 Å². The molecule has 0 saturated heterocycles. The van der Waals surface area contributed by atoms with Gasteiger partial charge < -0.3 is 0 Å². The van der Waals surface area contributed by atoms with Crippen molar-refractivity contribution in [1.29, 1.82) is 5.26 Å². The average Bonchev–Trinajstić information content (AvgIpc) is 2.27. The Morgan fingerprint density at radius 2 is 1.95 bits per heavy atom. The van der Waals surface area contributed by atoms with Crippen molar-refractivity contribution in [2.45, 2.75) is 45.1 Å². The lowest BCUT2D eigenvalue weighted by Gasteiger charge is -2.17. The Morgan fingerprint density at radius 3 is 2.47 bits per heavy atom. The largest absolute Gasteiger partial charge is 0.241 e. The molecule has 0 radical (unpaired) electrons. The number of hydrogen-bond acceptors (Lipinski definition) is 3. The molecule has 0 fully saturated rings. The molecule has 0 spiro atoms. The van der Waals surface area contributed by atoms with E-state index in [4.69, 9.17) is 5.26 Å². The van der Waals surface area contributed by atoms with Gasteiger partial charge in [0.05, 0.1) is 16.5 Å². The van der Waals surface area contributed by atoms with Gasteiger partial charge in [0.1, 0.15) is 0 Å². The normalized spacial score (nSPS) is 13.3. The van der Waals surface area contributed by atoms with E-state index >= 15 is 0 Å². The van der Waals surface area contributed by atoms with E-state index < -0.39 is 10.0 Å². The van der Waals surface area contributed by atoms with E-state index in [1.54, 1.807) is 19.1 Å². The van der Waals surface area contributed by atoms with E-state index in [1.165, 1.54) is 6.07 Å². The second-order valence-corrected chi connectivity index (χ2v) is 6.93. The summed E-state index contributed by atoms with van der Waals surface area (Å²) in [5, 5.41) is 8.85. The zero-order valence-corrected chi connectivity index (χ0v) is 12.6. The SMILES string of the molecule is Cc1ccc(C#N)cc1S(=O)(=O)NC(C)CC(C)C. The first kappa shape index (κ1) is 15.7. The van der Waals surface area contributed by atoms with Gasteiger partial charge in [-0.3, -0.25) is 0 Å². The quantitative estimate of drug-likeness (QED) is 0.901. The van der Waals surface area contributed by atoms with Crippen LogP contribution >= 0.6 is 0 Å². The average molecular weight is 280 g/mol. The molecule has 0 aliphatic rings. The highest BCUT2D eigenvalue weighted by atomic mass is 32.2. The Labute approximate surface area is 115 Å². The third kappa shape index (κ3) is 4.34. The minimum atomic E-state index is -3.57. The van der Waals surface area contributed by atoms with Crippen LogP contribution in [0.15, 0.2) is 23.1 Å². The summed E-state index contributed by atoms with van der Waals surface area (Å²) in [6.07, 6.45) is 0.774. The number of sulfonamides is 1. The maximum atomic E-state index is 12.3. The maximum absolute atomic E-state index is 12.3. The van der Waals surface area contributed by atoms with E-state index in [0.717, 1.165) is 6.42 Å². The third-order valence-corrected chi connectivity index (χ3v) is 4.52. The lowest BCUT2D eigenvalue weighted by molar-refractivity contribution is 0.482. The Morgan fingerprint density at radius 1 is 1.32 bits per heavy atom. The number of hydrogen-bond donors (Lipinski definition) is 1. The molecule has 4 nitrogen and oxygen atoms in total. The van der Waals surface area contributed by atoms with E-state index in [1.807, 2.05) is 26.8 Å². The molecular weight excluding hydrogens is 260 g/mol. The molecule has 0 aliphatic heterocycles. The highest BCUT2D eigenvalue weighted by molar-refractivity contribution is 7.89. The summed E-state index contributed by atoms with van der Waals surface area (Å²) in [5.41, 5.74) is 0.991. The predicted octanol–water partition coefficient (Wildman–Crippen LogP) is 2.58. The third-order valence-electron chi connectivity index (χ3n) is 2.79. The zero-order valence-electron chi connectivity index (χ0n) is 11.8. The van der Waals surface area contributed by atoms with Gasteiger partial charge in [0.15, 0.2) is 0 Å². The number of nitrogens with one attached hydrogen (secondary N) is 1. The van der Waals surface area contributed by atoms with Crippen LogP contribution in [0.25, 0.3) is 0 Å². The lowest BCUT2D eigenvalue weighted by atomic mass is 10.1. The smallest absolute Gasteiger partial charge is 0.208 e. The highest BCUT2D eigenvalue weighted by Gasteiger charge is 2.20. The molecule has 0 bridgehead atoms. The van der Waals surface area contributed by atoms with Crippen molar-refractivity contribution in [2.24, 2.45) is 5.92 Å². The van der Waals surface area contributed by atoms with Gasteiger partial charge in [0.25, 0.3) is 0 Å². The minimum Gasteiger partial charge on any atom is -0.208 e. The summed E-state index contributed by atoms with van der Waals surface area (Å²) < 4.78 is 27.2. The molecule has 1 aromatic rings. The number of nitrogens with zero attached hydrogens (tertiary/aromatic N) is 1. The summed E-state index contributed by atoms with van der Waals surface area (Å²) in [4.78, 5) is 0.183. The van der Waals surface area contributed by atoms with E-state index in [2.05, 4.69) is 4.72 Å². The van der Waals surface area contributed by atoms with Gasteiger partial charge in [-0.25, -0.2) is 13.1 Å². The topological polar surface area (TPSA) is 70.0 Å². The van der Waals surface area contributed by atoms with Crippen LogP contribution in [0.5, 0.6) is 0 Å². The molecule has 1 aromatic carbocycles. The second kappa shape index (κ2) is 6.18. The van der Waals surface area contributed by atoms with Crippen molar-refractivity contribution in [3.63, 3.8) is 0 Å². The monoisotopic (exact) mass is 280 g/mol. The van der Waals surface area contributed by atoms with Gasteiger partial charge >= 0.3 is 0 Å². The number of aryl methyl sites for hydroxylation is 1. The Balaban J connectivity index is 3.04. The second-order valence-electron chi connectivity index (χ2n) is 5.24. The fraction of sp³-hybridized carbons (Fsp3) is 0.500. The number of nitriles is 1. The van der Waals surface area contributed by atoms with Crippen LogP contribution in [-0.4, -0.2) is 14.5 Å². The van der Waals surface area contributed by atoms with Gasteiger partial charge in [-0.2, -0.15) is 5.26 Å². The zero-order chi connectivity index (χ0) is 14.6. The van der Waals surface area contributed by atoms with Crippen molar-refractivity contribution in [1.82, 2.24) is 4.72 Å². The van der Waals surface area contributed by atoms with Crippen LogP contribution in [0.4, 0.5) is 0 Å². The van der Waals surface area contributed by atoms with Crippen LogP contribution in [0.1, 0.15) is 38.3 Å². The molecular formula is C14H20N2O2S. The number of rotatable bonds is 5. The summed E-state index contributed by atoms with van der Waals surface area (Å²) in [6, 6.07) is 6.52. The molecule has 19 heavy (non-hydrogen) atoms. The Hall–Kier alpha value is -1.38. The standard InChI is InChI=1S/C14H20N2O2S/c1-10(2)7-12(4)16-19(17,18)14-8-13(9-15)6-5-11(14)3/h5-6,8,10,12,16H,7H2,1-4H3. The molecule has 0 amide bonds. The van der Waals surface area contributed by atoms with E-state index in [9.17, 15) is 8.42 Å². The Bertz CT molecular complexity index is 586. The van der Waals surface area contributed by atoms with E-state index in [-0.39, 0.29) is 10.9 Å². The first-order valence-corrected chi connectivity index (χ1v) is 7.77. The predicted molar refractivity (Wildman–Crippen MR) is 75.1 cm³/mol. The molecule has 0 saturated carbocycles. The van der Waals surface area contributed by atoms with Crippen molar-refractivity contribution < 1.29 is 8.42 Å². The van der Waals surface area contributed by atoms with Crippen molar-refractivity contribution in [2.75, 3.05) is 0 Å². The molecule has 1 N–H and O–H groups in total. The molecule has 1 rings (SSSR count). The van der Waals surface area contributed by atoms with Crippen LogP contribution in [0.3, 0.4) is 0 Å². The van der Waals surface area contributed by atoms with Gasteiger partial charge in [-0.1, -0.05) is 19.9 Å². The fourth-order valence-corrected chi connectivity index (χ4v) is 3.57. The van der Waals surface area contributed by atoms with Crippen LogP contribution < -0.4 is 4.72 Å². The van der Waals surface area contributed by atoms with Crippen LogP contribution in [0, 0.1) is 24.2 Å². The van der Waals surface area contributed by atoms with Crippen molar-refractivity contribution in [3.05, 3.63) is 29.3 Å². The molecule has 104 valence electrons. The molecule has 1 atom stereocenters. The van der Waals surface area contributed by atoms with Crippen LogP contribution in [0.2, 0.25) is 0 Å². The summed E-state index contributed by atoms with van der Waals surface area (Å²) in [7, 11) is -3.57. The van der Waals surface area contributed by atoms with Gasteiger partial charge in [-0.05, 0) is 43.9 Å². The fourth-order valence-electron chi connectivity index (χ4n) is 2.04. The molecule has 0 aliphatic carbocycles. The van der Waals surface area contributed by atoms with Gasteiger partial charge in [-0.15, -0.1) is 0 Å². The first-order valence-electron chi connectivity index (χ1n) is 6.29. The maximum Gasteiger partial charge on any atom is 0.241 e. The lowest BCUT2D eigenvalue weighted by Crippen LogP contribution is -2.33. The minimum absolute atomic E-state index is 0.129. The summed E-state index contributed by atoms with van der Waals surface area (Å²) in [6.45, 7) is 7.67. The molecule has 1 unspecified atom stereocenters. The van der Waals surface area contributed by atoms with Crippen LogP contribution in [-0.2, 0) is 10.0 Å². The summed E-state index contributed by atoms with van der Waals surface area (Å²) >= 11 is 0. The molecule has 5 heteroatoms. The van der Waals surface area contributed by atoms with E-state index in [0.29, 0.717) is 17.0 Å².